The first-order chi connectivity index (χ1) is 9.15. The molecule has 1 heterocycles. The third-order valence-corrected chi connectivity index (χ3v) is 3.84. The SMILES string of the molecule is CCNC(C1=CCCCO1)c1ccc(F)c(F)c1Br. The minimum absolute atomic E-state index is 0.147. The molecule has 1 aliphatic rings. The lowest BCUT2D eigenvalue weighted by atomic mass is 10.0. The van der Waals surface area contributed by atoms with Crippen molar-refractivity contribution in [3.8, 4) is 0 Å². The number of likely N-dealkylation sites (N-methyl/N-ethyl adjacent to an activating group) is 1. The van der Waals surface area contributed by atoms with Crippen LogP contribution in [-0.4, -0.2) is 13.2 Å². The summed E-state index contributed by atoms with van der Waals surface area (Å²) in [6, 6.07) is 2.47. The smallest absolute Gasteiger partial charge is 0.173 e. The van der Waals surface area contributed by atoms with Gasteiger partial charge < -0.3 is 10.1 Å². The van der Waals surface area contributed by atoms with Crippen LogP contribution in [0.3, 0.4) is 0 Å². The van der Waals surface area contributed by atoms with E-state index in [0.29, 0.717) is 18.7 Å². The first-order valence-corrected chi connectivity index (χ1v) is 7.14. The molecule has 104 valence electrons. The summed E-state index contributed by atoms with van der Waals surface area (Å²) in [5.41, 5.74) is 0.647. The lowest BCUT2D eigenvalue weighted by Crippen LogP contribution is -2.26. The zero-order valence-corrected chi connectivity index (χ0v) is 12.3. The van der Waals surface area contributed by atoms with Crippen molar-refractivity contribution in [1.82, 2.24) is 5.32 Å². The summed E-state index contributed by atoms with van der Waals surface area (Å²) in [6.07, 6.45) is 3.93. The Morgan fingerprint density at radius 1 is 1.42 bits per heavy atom. The van der Waals surface area contributed by atoms with Gasteiger partial charge in [0.2, 0.25) is 0 Å². The highest BCUT2D eigenvalue weighted by Crippen LogP contribution is 2.33. The van der Waals surface area contributed by atoms with E-state index in [1.54, 1.807) is 6.07 Å². The zero-order chi connectivity index (χ0) is 13.8. The molecular formula is C14H16BrF2NO. The number of benzene rings is 1. The molecule has 0 aromatic heterocycles. The summed E-state index contributed by atoms with van der Waals surface area (Å²) in [4.78, 5) is 0. The largest absolute Gasteiger partial charge is 0.496 e. The maximum Gasteiger partial charge on any atom is 0.173 e. The van der Waals surface area contributed by atoms with Crippen molar-refractivity contribution < 1.29 is 13.5 Å². The summed E-state index contributed by atoms with van der Waals surface area (Å²) < 4.78 is 32.6. The summed E-state index contributed by atoms with van der Waals surface area (Å²) >= 11 is 3.13. The number of hydrogen-bond donors (Lipinski definition) is 1. The Balaban J connectivity index is 2.39. The minimum Gasteiger partial charge on any atom is -0.496 e. The standard InChI is InChI=1S/C14H16BrF2NO/c1-2-18-14(11-5-3-4-8-19-11)9-6-7-10(16)13(17)12(9)15/h5-7,14,18H,2-4,8H2,1H3. The van der Waals surface area contributed by atoms with E-state index in [4.69, 9.17) is 4.74 Å². The van der Waals surface area contributed by atoms with E-state index in [9.17, 15) is 8.78 Å². The summed E-state index contributed by atoms with van der Waals surface area (Å²) in [7, 11) is 0. The Labute approximate surface area is 120 Å². The van der Waals surface area contributed by atoms with Gasteiger partial charge in [0.1, 0.15) is 5.76 Å². The van der Waals surface area contributed by atoms with E-state index in [1.165, 1.54) is 0 Å². The van der Waals surface area contributed by atoms with E-state index in [0.717, 1.165) is 24.7 Å². The molecule has 5 heteroatoms. The molecule has 1 unspecified atom stereocenters. The van der Waals surface area contributed by atoms with Crippen LogP contribution in [0, 0.1) is 11.6 Å². The van der Waals surface area contributed by atoms with Crippen LogP contribution in [0.2, 0.25) is 0 Å². The molecule has 1 aromatic rings. The van der Waals surface area contributed by atoms with Crippen molar-refractivity contribution in [3.63, 3.8) is 0 Å². The van der Waals surface area contributed by atoms with Crippen molar-refractivity contribution in [1.29, 1.82) is 0 Å². The van der Waals surface area contributed by atoms with Crippen molar-refractivity contribution in [2.24, 2.45) is 0 Å². The molecule has 0 saturated heterocycles. The van der Waals surface area contributed by atoms with Crippen molar-refractivity contribution in [2.75, 3.05) is 13.2 Å². The van der Waals surface area contributed by atoms with Crippen molar-refractivity contribution >= 4 is 15.9 Å². The Hall–Kier alpha value is -0.940. The molecule has 0 aliphatic carbocycles. The van der Waals surface area contributed by atoms with Gasteiger partial charge in [-0.3, -0.25) is 0 Å². The average molecular weight is 332 g/mol. The van der Waals surface area contributed by atoms with Crippen LogP contribution < -0.4 is 5.32 Å². The molecule has 0 fully saturated rings. The monoisotopic (exact) mass is 331 g/mol. The van der Waals surface area contributed by atoms with E-state index in [1.807, 2.05) is 13.0 Å². The Kier molecular flexibility index (Phi) is 4.93. The third kappa shape index (κ3) is 3.15. The van der Waals surface area contributed by atoms with Gasteiger partial charge in [0.05, 0.1) is 17.1 Å². The number of nitrogens with one attached hydrogen (secondary N) is 1. The molecule has 1 aliphatic heterocycles. The number of allylic oxidation sites excluding steroid dienone is 1. The van der Waals surface area contributed by atoms with E-state index in [-0.39, 0.29) is 10.5 Å². The normalized spacial score (nSPS) is 16.7. The Bertz CT molecular complexity index is 491. The van der Waals surface area contributed by atoms with Crippen LogP contribution in [0.15, 0.2) is 28.4 Å². The molecule has 2 nitrogen and oxygen atoms in total. The highest BCUT2D eigenvalue weighted by Gasteiger charge is 2.23. The van der Waals surface area contributed by atoms with E-state index in [2.05, 4.69) is 21.2 Å². The van der Waals surface area contributed by atoms with Gasteiger partial charge in [-0.2, -0.15) is 0 Å². The molecule has 1 atom stereocenters. The van der Waals surface area contributed by atoms with Crippen molar-refractivity contribution in [2.45, 2.75) is 25.8 Å². The molecule has 2 rings (SSSR count). The highest BCUT2D eigenvalue weighted by atomic mass is 79.9. The molecule has 19 heavy (non-hydrogen) atoms. The van der Waals surface area contributed by atoms with Crippen LogP contribution in [0.5, 0.6) is 0 Å². The van der Waals surface area contributed by atoms with Crippen LogP contribution in [0.1, 0.15) is 31.4 Å². The van der Waals surface area contributed by atoms with Gasteiger partial charge >= 0.3 is 0 Å². The van der Waals surface area contributed by atoms with E-state index < -0.39 is 11.6 Å². The Morgan fingerprint density at radius 2 is 2.21 bits per heavy atom. The van der Waals surface area contributed by atoms with Crippen LogP contribution in [-0.2, 0) is 4.74 Å². The number of hydrogen-bond acceptors (Lipinski definition) is 2. The Morgan fingerprint density at radius 3 is 2.84 bits per heavy atom. The topological polar surface area (TPSA) is 21.3 Å². The van der Waals surface area contributed by atoms with Gasteiger partial charge in [-0.25, -0.2) is 8.78 Å². The lowest BCUT2D eigenvalue weighted by Gasteiger charge is -2.25. The van der Waals surface area contributed by atoms with Gasteiger partial charge in [0.15, 0.2) is 11.6 Å². The third-order valence-electron chi connectivity index (χ3n) is 3.03. The first-order valence-electron chi connectivity index (χ1n) is 6.34. The first kappa shape index (κ1) is 14.5. The van der Waals surface area contributed by atoms with Crippen molar-refractivity contribution in [3.05, 3.63) is 45.6 Å². The number of halogens is 3. The van der Waals surface area contributed by atoms with Crippen LogP contribution in [0.4, 0.5) is 8.78 Å². The second-order valence-corrected chi connectivity index (χ2v) is 5.15. The number of ether oxygens (including phenoxy) is 1. The fraction of sp³-hybridized carbons (Fsp3) is 0.429. The fourth-order valence-corrected chi connectivity index (χ4v) is 2.66. The second-order valence-electron chi connectivity index (χ2n) is 4.35. The molecule has 1 aromatic carbocycles. The van der Waals surface area contributed by atoms with Gasteiger partial charge in [-0.05, 0) is 53.0 Å². The zero-order valence-electron chi connectivity index (χ0n) is 10.7. The average Bonchev–Trinajstić information content (AvgIpc) is 2.44. The summed E-state index contributed by atoms with van der Waals surface area (Å²) in [6.45, 7) is 3.33. The molecule has 0 spiro atoms. The maximum atomic E-state index is 13.6. The van der Waals surface area contributed by atoms with Gasteiger partial charge in [0.25, 0.3) is 0 Å². The predicted octanol–water partition coefficient (Wildman–Crippen LogP) is 4.07. The summed E-state index contributed by atoms with van der Waals surface area (Å²) in [5.74, 6) is -0.943. The van der Waals surface area contributed by atoms with Gasteiger partial charge in [-0.1, -0.05) is 13.0 Å². The maximum absolute atomic E-state index is 13.6. The van der Waals surface area contributed by atoms with Crippen LogP contribution in [0.25, 0.3) is 0 Å². The molecule has 0 saturated carbocycles. The van der Waals surface area contributed by atoms with Crippen LogP contribution >= 0.6 is 15.9 Å². The highest BCUT2D eigenvalue weighted by molar-refractivity contribution is 9.10. The summed E-state index contributed by atoms with van der Waals surface area (Å²) in [5, 5.41) is 3.24. The van der Waals surface area contributed by atoms with Gasteiger partial charge in [-0.15, -0.1) is 0 Å². The second kappa shape index (κ2) is 6.48. The number of rotatable bonds is 4. The molecular weight excluding hydrogens is 316 g/mol. The quantitative estimate of drug-likeness (QED) is 0.839. The predicted molar refractivity (Wildman–Crippen MR) is 73.7 cm³/mol. The fourth-order valence-electron chi connectivity index (χ4n) is 2.11. The lowest BCUT2D eigenvalue weighted by molar-refractivity contribution is 0.168. The van der Waals surface area contributed by atoms with E-state index >= 15 is 0 Å². The van der Waals surface area contributed by atoms with Gasteiger partial charge in [0, 0.05) is 0 Å². The molecule has 0 amide bonds. The molecule has 0 bridgehead atoms. The molecule has 0 radical (unpaired) electrons. The molecule has 1 N–H and O–H groups in total. The minimum atomic E-state index is -0.864.